The first-order chi connectivity index (χ1) is 9.86. The van der Waals surface area contributed by atoms with Crippen molar-refractivity contribution >= 4 is 12.0 Å². The van der Waals surface area contributed by atoms with Crippen molar-refractivity contribution < 1.29 is 4.79 Å². The molecule has 0 bridgehead atoms. The van der Waals surface area contributed by atoms with Crippen LogP contribution in [0.25, 0.3) is 6.08 Å². The van der Waals surface area contributed by atoms with E-state index in [9.17, 15) is 4.79 Å². The molecule has 0 N–H and O–H groups in total. The maximum Gasteiger partial charge on any atom is 0.246 e. The molecule has 1 aromatic rings. The predicted octanol–water partition coefficient (Wildman–Crippen LogP) is 4.26. The molecule has 0 radical (unpaired) electrons. The number of piperidine rings is 1. The van der Waals surface area contributed by atoms with Gasteiger partial charge in [-0.15, -0.1) is 0 Å². The molecule has 114 valence electrons. The van der Waals surface area contributed by atoms with Crippen LogP contribution in [0.2, 0.25) is 0 Å². The Hall–Kier alpha value is -1.57. The first-order valence-corrected chi connectivity index (χ1v) is 7.94. The van der Waals surface area contributed by atoms with E-state index in [1.165, 1.54) is 12.0 Å². The van der Waals surface area contributed by atoms with Crippen molar-refractivity contribution in [2.75, 3.05) is 13.1 Å². The number of likely N-dealkylation sites (tertiary alicyclic amines) is 1. The molecular weight excluding hydrogens is 258 g/mol. The molecule has 1 fully saturated rings. The van der Waals surface area contributed by atoms with E-state index in [0.717, 1.165) is 25.1 Å². The van der Waals surface area contributed by atoms with Crippen molar-refractivity contribution in [2.45, 2.75) is 46.0 Å². The zero-order valence-electron chi connectivity index (χ0n) is 13.7. The molecule has 1 atom stereocenters. The molecule has 1 heterocycles. The lowest BCUT2D eigenvalue weighted by Gasteiger charge is -2.30. The van der Waals surface area contributed by atoms with Gasteiger partial charge in [0.15, 0.2) is 0 Å². The number of hydrogen-bond donors (Lipinski definition) is 0. The Morgan fingerprint density at radius 2 is 1.90 bits per heavy atom. The van der Waals surface area contributed by atoms with Crippen molar-refractivity contribution in [1.82, 2.24) is 4.90 Å². The molecule has 2 rings (SSSR count). The number of carbonyl (C=O) groups is 1. The molecule has 1 saturated heterocycles. The Kier molecular flexibility index (Phi) is 4.87. The van der Waals surface area contributed by atoms with E-state index in [0.29, 0.717) is 5.92 Å². The monoisotopic (exact) mass is 285 g/mol. The topological polar surface area (TPSA) is 20.3 Å². The average Bonchev–Trinajstić information content (AvgIpc) is 2.44. The van der Waals surface area contributed by atoms with E-state index in [-0.39, 0.29) is 11.3 Å². The quantitative estimate of drug-likeness (QED) is 0.744. The number of amides is 1. The number of carbonyl (C=O) groups excluding carboxylic acids is 1. The van der Waals surface area contributed by atoms with Gasteiger partial charge in [-0.1, -0.05) is 52.0 Å². The molecule has 0 spiro atoms. The summed E-state index contributed by atoms with van der Waals surface area (Å²) < 4.78 is 0. The molecule has 0 aromatic heterocycles. The van der Waals surface area contributed by atoms with Gasteiger partial charge in [0.2, 0.25) is 5.91 Å². The van der Waals surface area contributed by atoms with Crippen LogP contribution in [0, 0.1) is 5.92 Å². The molecule has 2 heteroatoms. The van der Waals surface area contributed by atoms with Gasteiger partial charge in [0.25, 0.3) is 0 Å². The fourth-order valence-corrected chi connectivity index (χ4v) is 2.76. The summed E-state index contributed by atoms with van der Waals surface area (Å²) in [5.41, 5.74) is 2.57. The van der Waals surface area contributed by atoms with Crippen LogP contribution in [0.3, 0.4) is 0 Å². The highest BCUT2D eigenvalue weighted by Crippen LogP contribution is 2.22. The lowest BCUT2D eigenvalue weighted by atomic mass is 9.87. The van der Waals surface area contributed by atoms with Crippen LogP contribution in [0.5, 0.6) is 0 Å². The van der Waals surface area contributed by atoms with Crippen molar-refractivity contribution in [3.63, 3.8) is 0 Å². The van der Waals surface area contributed by atoms with Crippen molar-refractivity contribution in [1.29, 1.82) is 0 Å². The Bertz CT molecular complexity index is 507. The zero-order chi connectivity index (χ0) is 15.5. The summed E-state index contributed by atoms with van der Waals surface area (Å²) in [6.45, 7) is 10.6. The van der Waals surface area contributed by atoms with Crippen molar-refractivity contribution in [3.05, 3.63) is 41.5 Å². The minimum absolute atomic E-state index is 0.140. The Morgan fingerprint density at radius 3 is 2.48 bits per heavy atom. The third-order valence-corrected chi connectivity index (χ3v) is 4.16. The van der Waals surface area contributed by atoms with Gasteiger partial charge in [0.05, 0.1) is 0 Å². The molecule has 1 aromatic carbocycles. The molecular formula is C19H27NO. The third kappa shape index (κ3) is 4.45. The molecule has 1 aliphatic rings. The Balaban J connectivity index is 1.99. The summed E-state index contributed by atoms with van der Waals surface area (Å²) in [7, 11) is 0. The molecule has 1 aliphatic heterocycles. The maximum absolute atomic E-state index is 12.2. The highest BCUT2D eigenvalue weighted by Gasteiger charge is 2.19. The number of benzene rings is 1. The average molecular weight is 285 g/mol. The summed E-state index contributed by atoms with van der Waals surface area (Å²) in [6, 6.07) is 8.46. The lowest BCUT2D eigenvalue weighted by Crippen LogP contribution is -2.38. The van der Waals surface area contributed by atoms with Crippen LogP contribution in [0.1, 0.15) is 51.7 Å². The highest BCUT2D eigenvalue weighted by molar-refractivity contribution is 5.91. The SMILES string of the molecule is C[C@H]1CCCN(C(=O)/C=C/c2ccc(C(C)(C)C)cc2)C1. The second-order valence-corrected chi connectivity index (χ2v) is 7.24. The fourth-order valence-electron chi connectivity index (χ4n) is 2.76. The van der Waals surface area contributed by atoms with Gasteiger partial charge in [0, 0.05) is 19.2 Å². The van der Waals surface area contributed by atoms with Crippen molar-refractivity contribution in [2.24, 2.45) is 5.92 Å². The molecule has 0 saturated carbocycles. The third-order valence-electron chi connectivity index (χ3n) is 4.16. The van der Waals surface area contributed by atoms with E-state index in [4.69, 9.17) is 0 Å². The summed E-state index contributed by atoms with van der Waals surface area (Å²) in [6.07, 6.45) is 6.00. The second kappa shape index (κ2) is 6.46. The largest absolute Gasteiger partial charge is 0.339 e. The summed E-state index contributed by atoms with van der Waals surface area (Å²) >= 11 is 0. The Labute approximate surface area is 128 Å². The van der Waals surface area contributed by atoms with Crippen LogP contribution in [0.15, 0.2) is 30.3 Å². The van der Waals surface area contributed by atoms with Crippen LogP contribution in [-0.4, -0.2) is 23.9 Å². The molecule has 2 nitrogen and oxygen atoms in total. The summed E-state index contributed by atoms with van der Waals surface area (Å²) in [5, 5.41) is 0. The van der Waals surface area contributed by atoms with E-state index < -0.39 is 0 Å². The van der Waals surface area contributed by atoms with Gasteiger partial charge in [-0.3, -0.25) is 4.79 Å². The van der Waals surface area contributed by atoms with Crippen LogP contribution >= 0.6 is 0 Å². The van der Waals surface area contributed by atoms with Crippen LogP contribution in [-0.2, 0) is 10.2 Å². The van der Waals surface area contributed by atoms with Gasteiger partial charge in [-0.2, -0.15) is 0 Å². The summed E-state index contributed by atoms with van der Waals surface area (Å²) in [4.78, 5) is 14.1. The van der Waals surface area contributed by atoms with Gasteiger partial charge >= 0.3 is 0 Å². The van der Waals surface area contributed by atoms with Gasteiger partial charge in [0.1, 0.15) is 0 Å². The minimum atomic E-state index is 0.140. The zero-order valence-corrected chi connectivity index (χ0v) is 13.7. The van der Waals surface area contributed by atoms with E-state index >= 15 is 0 Å². The molecule has 21 heavy (non-hydrogen) atoms. The van der Waals surface area contributed by atoms with E-state index in [1.54, 1.807) is 6.08 Å². The van der Waals surface area contributed by atoms with Gasteiger partial charge in [-0.25, -0.2) is 0 Å². The number of hydrogen-bond acceptors (Lipinski definition) is 1. The van der Waals surface area contributed by atoms with Gasteiger partial charge in [-0.05, 0) is 41.4 Å². The molecule has 0 unspecified atom stereocenters. The number of rotatable bonds is 2. The predicted molar refractivity (Wildman–Crippen MR) is 89.2 cm³/mol. The van der Waals surface area contributed by atoms with Gasteiger partial charge < -0.3 is 4.90 Å². The smallest absolute Gasteiger partial charge is 0.246 e. The lowest BCUT2D eigenvalue weighted by molar-refractivity contribution is -0.127. The Morgan fingerprint density at radius 1 is 1.24 bits per heavy atom. The number of nitrogens with zero attached hydrogens (tertiary/aromatic N) is 1. The second-order valence-electron chi connectivity index (χ2n) is 7.24. The minimum Gasteiger partial charge on any atom is -0.339 e. The first kappa shape index (κ1) is 15.8. The van der Waals surface area contributed by atoms with Crippen LogP contribution in [0.4, 0.5) is 0 Å². The normalized spacial score (nSPS) is 20.0. The first-order valence-electron chi connectivity index (χ1n) is 7.94. The standard InChI is InChI=1S/C19H27NO/c1-15-6-5-13-20(14-15)18(21)12-9-16-7-10-17(11-8-16)19(2,3)4/h7-12,15H,5-6,13-14H2,1-4H3/b12-9+/t15-/m0/s1. The maximum atomic E-state index is 12.2. The molecule has 1 amide bonds. The highest BCUT2D eigenvalue weighted by atomic mass is 16.2. The van der Waals surface area contributed by atoms with Crippen molar-refractivity contribution in [3.8, 4) is 0 Å². The molecule has 0 aliphatic carbocycles. The summed E-state index contributed by atoms with van der Waals surface area (Å²) in [5.74, 6) is 0.767. The van der Waals surface area contributed by atoms with Crippen LogP contribution < -0.4 is 0 Å². The fraction of sp³-hybridized carbons (Fsp3) is 0.526. The van der Waals surface area contributed by atoms with E-state index in [1.807, 2.05) is 11.0 Å². The van der Waals surface area contributed by atoms with E-state index in [2.05, 4.69) is 52.0 Å².